The molecule has 1 aliphatic rings. The molecular formula is C11H11N3O3. The molecule has 17 heavy (non-hydrogen) atoms. The standard InChI is InChI=1S/C11H11N3O3/c15-11(16)8-9(7-3-1-6-17-7)13-14-5-2-4-12-10(8)14/h2,4-5,7H,1,3,6H2,(H,15,16). The van der Waals surface area contributed by atoms with E-state index in [2.05, 4.69) is 10.1 Å². The number of nitrogens with zero attached hydrogens (tertiary/aromatic N) is 3. The van der Waals surface area contributed by atoms with E-state index in [1.54, 1.807) is 18.5 Å². The van der Waals surface area contributed by atoms with E-state index in [0.29, 0.717) is 17.9 Å². The second kappa shape index (κ2) is 3.81. The highest BCUT2D eigenvalue weighted by atomic mass is 16.5. The minimum Gasteiger partial charge on any atom is -0.477 e. The molecule has 1 atom stereocenters. The normalized spacial score (nSPS) is 19.9. The number of carbonyl (C=O) groups is 1. The Morgan fingerprint density at radius 2 is 2.47 bits per heavy atom. The fourth-order valence-corrected chi connectivity index (χ4v) is 2.13. The van der Waals surface area contributed by atoms with Gasteiger partial charge in [0.2, 0.25) is 0 Å². The first-order valence-electron chi connectivity index (χ1n) is 5.45. The highest BCUT2D eigenvalue weighted by molar-refractivity contribution is 5.95. The summed E-state index contributed by atoms with van der Waals surface area (Å²) in [6, 6.07) is 1.71. The summed E-state index contributed by atoms with van der Waals surface area (Å²) in [6.45, 7) is 0.658. The average Bonchev–Trinajstić information content (AvgIpc) is 2.95. The Morgan fingerprint density at radius 3 is 3.18 bits per heavy atom. The van der Waals surface area contributed by atoms with Crippen LogP contribution < -0.4 is 0 Å². The largest absolute Gasteiger partial charge is 0.477 e. The molecule has 2 aromatic rings. The van der Waals surface area contributed by atoms with Crippen molar-refractivity contribution < 1.29 is 14.6 Å². The number of hydrogen-bond acceptors (Lipinski definition) is 4. The molecule has 1 N–H and O–H groups in total. The number of carboxylic acids is 1. The Labute approximate surface area is 96.8 Å². The van der Waals surface area contributed by atoms with Crippen molar-refractivity contribution >= 4 is 11.6 Å². The van der Waals surface area contributed by atoms with Crippen LogP contribution in [0.5, 0.6) is 0 Å². The lowest BCUT2D eigenvalue weighted by Crippen LogP contribution is -2.05. The van der Waals surface area contributed by atoms with Gasteiger partial charge in [0.25, 0.3) is 0 Å². The van der Waals surface area contributed by atoms with Gasteiger partial charge in [0.1, 0.15) is 17.4 Å². The van der Waals surface area contributed by atoms with Gasteiger partial charge in [-0.1, -0.05) is 0 Å². The second-order valence-electron chi connectivity index (χ2n) is 3.95. The fraction of sp³-hybridized carbons (Fsp3) is 0.364. The van der Waals surface area contributed by atoms with E-state index in [9.17, 15) is 9.90 Å². The molecule has 0 radical (unpaired) electrons. The number of aromatic carboxylic acids is 1. The summed E-state index contributed by atoms with van der Waals surface area (Å²) in [4.78, 5) is 15.4. The highest BCUT2D eigenvalue weighted by Gasteiger charge is 2.29. The summed E-state index contributed by atoms with van der Waals surface area (Å²) in [5, 5.41) is 13.5. The second-order valence-corrected chi connectivity index (χ2v) is 3.95. The molecule has 3 rings (SSSR count). The molecule has 0 saturated carbocycles. The SMILES string of the molecule is O=C(O)c1c(C2CCCO2)nn2cccnc12. The predicted octanol–water partition coefficient (Wildman–Crippen LogP) is 1.28. The molecule has 2 aromatic heterocycles. The van der Waals surface area contributed by atoms with Crippen molar-refractivity contribution in [2.75, 3.05) is 6.61 Å². The van der Waals surface area contributed by atoms with Crippen LogP contribution in [0.1, 0.15) is 35.0 Å². The van der Waals surface area contributed by atoms with Gasteiger partial charge in [-0.25, -0.2) is 14.3 Å². The molecule has 1 unspecified atom stereocenters. The first-order valence-corrected chi connectivity index (χ1v) is 5.45. The number of ether oxygens (including phenoxy) is 1. The lowest BCUT2D eigenvalue weighted by atomic mass is 10.1. The Hall–Kier alpha value is -1.95. The van der Waals surface area contributed by atoms with Gasteiger partial charge in [-0.2, -0.15) is 5.10 Å². The van der Waals surface area contributed by atoms with Crippen LogP contribution in [-0.2, 0) is 4.74 Å². The van der Waals surface area contributed by atoms with E-state index in [4.69, 9.17) is 4.74 Å². The van der Waals surface area contributed by atoms with Gasteiger partial charge in [0.15, 0.2) is 5.65 Å². The monoisotopic (exact) mass is 233 g/mol. The summed E-state index contributed by atoms with van der Waals surface area (Å²) in [5.74, 6) is -1.01. The molecular weight excluding hydrogens is 222 g/mol. The number of rotatable bonds is 2. The van der Waals surface area contributed by atoms with Gasteiger partial charge < -0.3 is 9.84 Å². The molecule has 0 aromatic carbocycles. The lowest BCUT2D eigenvalue weighted by Gasteiger charge is -2.05. The van der Waals surface area contributed by atoms with Crippen molar-refractivity contribution in [3.05, 3.63) is 29.7 Å². The molecule has 1 fully saturated rings. The third-order valence-electron chi connectivity index (χ3n) is 2.87. The first-order chi connectivity index (χ1) is 8.27. The summed E-state index contributed by atoms with van der Waals surface area (Å²) in [6.07, 6.45) is 4.77. The molecule has 0 spiro atoms. The Morgan fingerprint density at radius 1 is 1.59 bits per heavy atom. The maximum atomic E-state index is 11.3. The molecule has 1 aliphatic heterocycles. The molecule has 88 valence electrons. The van der Waals surface area contributed by atoms with Crippen molar-refractivity contribution in [2.24, 2.45) is 0 Å². The number of aromatic nitrogens is 3. The van der Waals surface area contributed by atoms with E-state index in [1.165, 1.54) is 4.52 Å². The van der Waals surface area contributed by atoms with Gasteiger partial charge in [-0.15, -0.1) is 0 Å². The van der Waals surface area contributed by atoms with Crippen LogP contribution in [0.25, 0.3) is 5.65 Å². The molecule has 1 saturated heterocycles. The van der Waals surface area contributed by atoms with Gasteiger partial charge in [0, 0.05) is 19.0 Å². The van der Waals surface area contributed by atoms with Crippen molar-refractivity contribution in [2.45, 2.75) is 18.9 Å². The van der Waals surface area contributed by atoms with E-state index in [-0.39, 0.29) is 11.7 Å². The van der Waals surface area contributed by atoms with E-state index < -0.39 is 5.97 Å². The number of carboxylic acid groups (broad SMARTS) is 1. The first kappa shape index (κ1) is 10.2. The zero-order chi connectivity index (χ0) is 11.8. The highest BCUT2D eigenvalue weighted by Crippen LogP contribution is 2.31. The van der Waals surface area contributed by atoms with Crippen LogP contribution in [-0.4, -0.2) is 32.3 Å². The third-order valence-corrected chi connectivity index (χ3v) is 2.87. The Balaban J connectivity index is 2.22. The van der Waals surface area contributed by atoms with E-state index in [1.807, 2.05) is 0 Å². The minimum atomic E-state index is -1.01. The zero-order valence-electron chi connectivity index (χ0n) is 9.04. The van der Waals surface area contributed by atoms with Crippen LogP contribution in [0, 0.1) is 0 Å². The Kier molecular flexibility index (Phi) is 2.29. The molecule has 6 heteroatoms. The third kappa shape index (κ3) is 1.57. The summed E-state index contributed by atoms with van der Waals surface area (Å²) in [7, 11) is 0. The molecule has 0 bridgehead atoms. The van der Waals surface area contributed by atoms with Gasteiger partial charge in [-0.3, -0.25) is 0 Å². The topological polar surface area (TPSA) is 76.7 Å². The Bertz CT molecular complexity index is 572. The maximum absolute atomic E-state index is 11.3. The van der Waals surface area contributed by atoms with Crippen molar-refractivity contribution in [1.82, 2.24) is 14.6 Å². The van der Waals surface area contributed by atoms with Crippen LogP contribution in [0.2, 0.25) is 0 Å². The van der Waals surface area contributed by atoms with Gasteiger partial charge >= 0.3 is 5.97 Å². The van der Waals surface area contributed by atoms with Crippen LogP contribution in [0.4, 0.5) is 0 Å². The van der Waals surface area contributed by atoms with Crippen LogP contribution in [0.3, 0.4) is 0 Å². The van der Waals surface area contributed by atoms with E-state index >= 15 is 0 Å². The predicted molar refractivity (Wildman–Crippen MR) is 57.9 cm³/mol. The average molecular weight is 233 g/mol. The number of hydrogen-bond donors (Lipinski definition) is 1. The minimum absolute atomic E-state index is 0.150. The van der Waals surface area contributed by atoms with Crippen LogP contribution in [0.15, 0.2) is 18.5 Å². The quantitative estimate of drug-likeness (QED) is 0.845. The van der Waals surface area contributed by atoms with Gasteiger partial charge in [0.05, 0.1) is 0 Å². The van der Waals surface area contributed by atoms with Crippen molar-refractivity contribution in [3.63, 3.8) is 0 Å². The smallest absolute Gasteiger partial charge is 0.341 e. The summed E-state index contributed by atoms with van der Waals surface area (Å²) in [5.41, 5.74) is 0.997. The molecule has 6 nitrogen and oxygen atoms in total. The maximum Gasteiger partial charge on any atom is 0.341 e. The molecule has 0 amide bonds. The number of fused-ring (bicyclic) bond motifs is 1. The molecule has 0 aliphatic carbocycles. The van der Waals surface area contributed by atoms with Crippen molar-refractivity contribution in [1.29, 1.82) is 0 Å². The van der Waals surface area contributed by atoms with Crippen molar-refractivity contribution in [3.8, 4) is 0 Å². The van der Waals surface area contributed by atoms with E-state index in [0.717, 1.165) is 12.8 Å². The van der Waals surface area contributed by atoms with Crippen LogP contribution >= 0.6 is 0 Å². The lowest BCUT2D eigenvalue weighted by molar-refractivity contribution is 0.0683. The summed E-state index contributed by atoms with van der Waals surface area (Å²) >= 11 is 0. The fourth-order valence-electron chi connectivity index (χ4n) is 2.13. The summed E-state index contributed by atoms with van der Waals surface area (Å²) < 4.78 is 6.98. The molecule has 3 heterocycles. The van der Waals surface area contributed by atoms with Gasteiger partial charge in [-0.05, 0) is 18.9 Å². The zero-order valence-corrected chi connectivity index (χ0v) is 9.04.